The second-order valence-corrected chi connectivity index (χ2v) is 5.66. The number of aromatic nitrogens is 1. The van der Waals surface area contributed by atoms with Crippen molar-refractivity contribution >= 4 is 17.4 Å². The number of alkyl halides is 1. The molecule has 1 aromatic heterocycles. The van der Waals surface area contributed by atoms with E-state index in [1.807, 2.05) is 19.1 Å². The molecule has 15 heavy (non-hydrogen) atoms. The van der Waals surface area contributed by atoms with Gasteiger partial charge in [-0.3, -0.25) is 0 Å². The van der Waals surface area contributed by atoms with Crippen LogP contribution in [0, 0.1) is 5.41 Å². The molecule has 0 aliphatic carbocycles. The number of nitrogens with zero attached hydrogens (tertiary/aromatic N) is 1. The molecule has 2 N–H and O–H groups in total. The smallest absolute Gasteiger partial charge is 0.123 e. The van der Waals surface area contributed by atoms with Gasteiger partial charge < -0.3 is 5.73 Å². The number of hydrogen-bond acceptors (Lipinski definition) is 2. The first kappa shape index (κ1) is 12.3. The summed E-state index contributed by atoms with van der Waals surface area (Å²) in [6.07, 6.45) is 3.73. The van der Waals surface area contributed by atoms with Crippen molar-refractivity contribution in [2.45, 2.75) is 39.0 Å². The van der Waals surface area contributed by atoms with E-state index in [2.05, 4.69) is 18.8 Å². The molecule has 1 heterocycles. The minimum atomic E-state index is 0.203. The van der Waals surface area contributed by atoms with Gasteiger partial charge in [0.15, 0.2) is 0 Å². The molecule has 3 heteroatoms. The van der Waals surface area contributed by atoms with Crippen LogP contribution in [0.25, 0.3) is 0 Å². The molecule has 1 atom stereocenters. The second-order valence-electron chi connectivity index (χ2n) is 4.91. The highest BCUT2D eigenvalue weighted by Gasteiger charge is 2.20. The minimum Gasteiger partial charge on any atom is -0.384 e. The van der Waals surface area contributed by atoms with E-state index in [4.69, 9.17) is 17.3 Å². The average Bonchev–Trinajstić information content (AvgIpc) is 1.99. The van der Waals surface area contributed by atoms with E-state index in [-0.39, 0.29) is 10.8 Å². The van der Waals surface area contributed by atoms with Crippen molar-refractivity contribution in [3.05, 3.63) is 23.9 Å². The number of rotatable bonds is 4. The number of nitrogens with two attached hydrogens (primary N) is 1. The van der Waals surface area contributed by atoms with Crippen LogP contribution in [0.5, 0.6) is 0 Å². The summed E-state index contributed by atoms with van der Waals surface area (Å²) in [5, 5.41) is 0.208. The Bertz CT molecular complexity index is 321. The summed E-state index contributed by atoms with van der Waals surface area (Å²) < 4.78 is 0. The fraction of sp³-hybridized carbons (Fsp3) is 0.583. The predicted octanol–water partition coefficient (Wildman–Crippen LogP) is 3.25. The van der Waals surface area contributed by atoms with Crippen LogP contribution in [-0.2, 0) is 6.42 Å². The molecule has 1 unspecified atom stereocenters. The predicted molar refractivity (Wildman–Crippen MR) is 66.1 cm³/mol. The van der Waals surface area contributed by atoms with Crippen molar-refractivity contribution in [2.24, 2.45) is 5.41 Å². The van der Waals surface area contributed by atoms with Crippen molar-refractivity contribution in [3.8, 4) is 0 Å². The van der Waals surface area contributed by atoms with Gasteiger partial charge in [-0.2, -0.15) is 0 Å². The van der Waals surface area contributed by atoms with Gasteiger partial charge in [-0.1, -0.05) is 13.8 Å². The first-order valence-corrected chi connectivity index (χ1v) is 5.67. The number of pyridine rings is 1. The Labute approximate surface area is 96.8 Å². The van der Waals surface area contributed by atoms with Crippen LogP contribution >= 0.6 is 11.6 Å². The van der Waals surface area contributed by atoms with Crippen molar-refractivity contribution in [3.63, 3.8) is 0 Å². The summed E-state index contributed by atoms with van der Waals surface area (Å²) in [5.74, 6) is 0.585. The normalized spacial score (nSPS) is 13.9. The second kappa shape index (κ2) is 4.84. The summed E-state index contributed by atoms with van der Waals surface area (Å²) in [5.41, 5.74) is 7.07. The third-order valence-electron chi connectivity index (χ3n) is 2.36. The lowest BCUT2D eigenvalue weighted by Crippen LogP contribution is -2.19. The Kier molecular flexibility index (Phi) is 3.97. The number of nitrogen functional groups attached to an aromatic ring is 1. The van der Waals surface area contributed by atoms with Gasteiger partial charge in [0.25, 0.3) is 0 Å². The molecule has 0 fully saturated rings. The number of hydrogen-bond donors (Lipinski definition) is 1. The SMILES string of the molecule is CC(Cl)CC(C)(C)Cc1ccnc(N)c1. The number of anilines is 1. The molecule has 84 valence electrons. The van der Waals surface area contributed by atoms with E-state index in [1.165, 1.54) is 5.56 Å². The molecule has 1 rings (SSSR count). The van der Waals surface area contributed by atoms with Gasteiger partial charge in [0, 0.05) is 11.6 Å². The van der Waals surface area contributed by atoms with Crippen LogP contribution in [0.15, 0.2) is 18.3 Å². The van der Waals surface area contributed by atoms with Crippen LogP contribution in [0.1, 0.15) is 32.8 Å². The molecule has 0 amide bonds. The van der Waals surface area contributed by atoms with Gasteiger partial charge in [0.2, 0.25) is 0 Å². The monoisotopic (exact) mass is 226 g/mol. The van der Waals surface area contributed by atoms with Gasteiger partial charge in [-0.15, -0.1) is 11.6 Å². The molecule has 0 saturated heterocycles. The largest absolute Gasteiger partial charge is 0.384 e. The fourth-order valence-electron chi connectivity index (χ4n) is 1.99. The zero-order valence-corrected chi connectivity index (χ0v) is 10.4. The standard InChI is InChI=1S/C12H19ClN2/c1-9(13)7-12(2,3)8-10-4-5-15-11(14)6-10/h4-6,9H,7-8H2,1-3H3,(H2,14,15). The maximum atomic E-state index is 6.02. The first-order valence-electron chi connectivity index (χ1n) is 5.23. The lowest BCUT2D eigenvalue weighted by atomic mass is 9.82. The van der Waals surface area contributed by atoms with Crippen LogP contribution in [0.4, 0.5) is 5.82 Å². The first-order chi connectivity index (χ1) is 6.89. The summed E-state index contributed by atoms with van der Waals surface area (Å²) in [6, 6.07) is 3.94. The maximum Gasteiger partial charge on any atom is 0.123 e. The molecular weight excluding hydrogens is 208 g/mol. The third kappa shape index (κ3) is 4.52. The van der Waals surface area contributed by atoms with Crippen LogP contribution in [0.2, 0.25) is 0 Å². The van der Waals surface area contributed by atoms with Gasteiger partial charge >= 0.3 is 0 Å². The van der Waals surface area contributed by atoms with Gasteiger partial charge in [-0.25, -0.2) is 4.98 Å². The summed E-state index contributed by atoms with van der Waals surface area (Å²) >= 11 is 6.02. The zero-order chi connectivity index (χ0) is 11.5. The Morgan fingerprint density at radius 3 is 2.73 bits per heavy atom. The van der Waals surface area contributed by atoms with Crippen molar-refractivity contribution in [1.29, 1.82) is 0 Å². The Hall–Kier alpha value is -0.760. The molecule has 0 bridgehead atoms. The summed E-state index contributed by atoms with van der Waals surface area (Å²) in [6.45, 7) is 6.48. The van der Waals surface area contributed by atoms with Crippen LogP contribution < -0.4 is 5.73 Å². The van der Waals surface area contributed by atoms with Crippen LogP contribution in [-0.4, -0.2) is 10.4 Å². The van der Waals surface area contributed by atoms with E-state index in [9.17, 15) is 0 Å². The molecule has 0 aliphatic rings. The van der Waals surface area contributed by atoms with Gasteiger partial charge in [0.1, 0.15) is 5.82 Å². The molecule has 0 spiro atoms. The quantitative estimate of drug-likeness (QED) is 0.801. The molecule has 0 radical (unpaired) electrons. The van der Waals surface area contributed by atoms with Crippen molar-refractivity contribution in [2.75, 3.05) is 5.73 Å². The summed E-state index contributed by atoms with van der Waals surface area (Å²) in [7, 11) is 0. The van der Waals surface area contributed by atoms with Gasteiger partial charge in [-0.05, 0) is 42.9 Å². The van der Waals surface area contributed by atoms with Crippen molar-refractivity contribution in [1.82, 2.24) is 4.98 Å². The fourth-order valence-corrected chi connectivity index (χ4v) is 2.41. The maximum absolute atomic E-state index is 6.02. The average molecular weight is 227 g/mol. The van der Waals surface area contributed by atoms with E-state index in [0.717, 1.165) is 12.8 Å². The highest BCUT2D eigenvalue weighted by Crippen LogP contribution is 2.29. The van der Waals surface area contributed by atoms with E-state index in [0.29, 0.717) is 5.82 Å². The minimum absolute atomic E-state index is 0.203. The number of halogens is 1. The van der Waals surface area contributed by atoms with E-state index >= 15 is 0 Å². The Balaban J connectivity index is 2.68. The summed E-state index contributed by atoms with van der Waals surface area (Å²) in [4.78, 5) is 3.98. The molecule has 0 aliphatic heterocycles. The molecule has 0 aromatic carbocycles. The lowest BCUT2D eigenvalue weighted by molar-refractivity contribution is 0.331. The molecule has 2 nitrogen and oxygen atoms in total. The van der Waals surface area contributed by atoms with Crippen LogP contribution in [0.3, 0.4) is 0 Å². The zero-order valence-electron chi connectivity index (χ0n) is 9.63. The molecule has 0 saturated carbocycles. The van der Waals surface area contributed by atoms with Gasteiger partial charge in [0.05, 0.1) is 0 Å². The van der Waals surface area contributed by atoms with E-state index in [1.54, 1.807) is 6.20 Å². The molecule has 1 aromatic rings. The molecular formula is C12H19ClN2. The van der Waals surface area contributed by atoms with Crippen molar-refractivity contribution < 1.29 is 0 Å². The topological polar surface area (TPSA) is 38.9 Å². The third-order valence-corrected chi connectivity index (χ3v) is 2.52. The Morgan fingerprint density at radius 2 is 2.20 bits per heavy atom. The lowest BCUT2D eigenvalue weighted by Gasteiger charge is -2.26. The highest BCUT2D eigenvalue weighted by atomic mass is 35.5. The van der Waals surface area contributed by atoms with E-state index < -0.39 is 0 Å². The Morgan fingerprint density at radius 1 is 1.53 bits per heavy atom. The highest BCUT2D eigenvalue weighted by molar-refractivity contribution is 6.20.